The minimum Gasteiger partial charge on any atom is -0.591 e. The van der Waals surface area contributed by atoms with Crippen LogP contribution in [0.4, 0.5) is 13.2 Å². The Hall–Kier alpha value is -0.240. The number of nitrogens with one attached hydrogen (secondary N) is 1. The number of hydrogen-bond donors (Lipinski definition) is 1. The quantitative estimate of drug-likeness (QED) is 0.414. The molecule has 3 unspecified atom stereocenters. The van der Waals surface area contributed by atoms with E-state index >= 15 is 0 Å². The molecule has 3 nitrogen and oxygen atoms in total. The van der Waals surface area contributed by atoms with Gasteiger partial charge in [-0.15, -0.1) is 19.8 Å². The topological polar surface area (TPSA) is 47.6 Å². The highest BCUT2D eigenvalue weighted by molar-refractivity contribution is 7.90. The highest BCUT2D eigenvalue weighted by Crippen LogP contribution is 2.27. The van der Waals surface area contributed by atoms with Gasteiger partial charge in [-0.2, -0.15) is 0 Å². The van der Waals surface area contributed by atoms with Gasteiger partial charge in [-0.3, -0.25) is 0 Å². The second-order valence-electron chi connectivity index (χ2n) is 2.09. The van der Waals surface area contributed by atoms with Crippen LogP contribution < -0.4 is 4.72 Å². The number of ether oxygens (including phenoxy) is 1. The number of rotatable bonds is 3. The molecule has 1 heterocycles. The smallest absolute Gasteiger partial charge is 0.591 e. The maximum absolute atomic E-state index is 11.6. The van der Waals surface area contributed by atoms with Crippen LogP contribution in [0, 0.1) is 0 Å². The Morgan fingerprint density at radius 3 is 2.50 bits per heavy atom. The van der Waals surface area contributed by atoms with Gasteiger partial charge in [0.05, 0.1) is 0 Å². The van der Waals surface area contributed by atoms with Gasteiger partial charge < -0.3 is 9.29 Å². The summed E-state index contributed by atoms with van der Waals surface area (Å²) in [5, 5.41) is 0. The molecule has 0 radical (unpaired) electrons. The Morgan fingerprint density at radius 2 is 2.17 bits per heavy atom. The molecule has 1 fully saturated rings. The first kappa shape index (κ1) is 9.85. The Bertz CT molecular complexity index is 186. The van der Waals surface area contributed by atoms with E-state index in [4.69, 9.17) is 0 Å². The van der Waals surface area contributed by atoms with Gasteiger partial charge in [0, 0.05) is 0 Å². The molecular weight excluding hydrogens is 195 g/mol. The van der Waals surface area contributed by atoms with Crippen LogP contribution >= 0.6 is 0 Å². The molecule has 0 bridgehead atoms. The summed E-state index contributed by atoms with van der Waals surface area (Å²) in [6, 6.07) is 0. The number of epoxide rings is 1. The van der Waals surface area contributed by atoms with Gasteiger partial charge in [-0.1, -0.05) is 10.8 Å². The minimum atomic E-state index is -4.74. The maximum atomic E-state index is 11.6. The fourth-order valence-electron chi connectivity index (χ4n) is 0.570. The average Bonchev–Trinajstić information content (AvgIpc) is 2.65. The summed E-state index contributed by atoms with van der Waals surface area (Å²) in [6.07, 6.45) is 0.0619. The van der Waals surface area contributed by atoms with Gasteiger partial charge in [0.2, 0.25) is 0 Å². The highest BCUT2D eigenvalue weighted by Gasteiger charge is 2.51. The summed E-state index contributed by atoms with van der Waals surface area (Å²) >= 11 is -3.05. The Morgan fingerprint density at radius 1 is 1.58 bits per heavy atom. The molecule has 0 aliphatic carbocycles. The first-order chi connectivity index (χ1) is 5.45. The summed E-state index contributed by atoms with van der Waals surface area (Å²) in [6.45, 7) is 3.30. The predicted molar refractivity (Wildman–Crippen MR) is 36.2 cm³/mol. The first-order valence-electron chi connectivity index (χ1n) is 2.98. The van der Waals surface area contributed by atoms with Crippen molar-refractivity contribution in [1.29, 1.82) is 0 Å². The molecule has 0 aromatic carbocycles. The summed E-state index contributed by atoms with van der Waals surface area (Å²) in [5.74, 6) is 0. The van der Waals surface area contributed by atoms with Gasteiger partial charge in [0.1, 0.15) is 6.10 Å². The van der Waals surface area contributed by atoms with E-state index in [9.17, 15) is 17.7 Å². The standard InChI is InChI=1S/C5H6F3NO2S/c1-2-3-4(11-3)9-12(10)5(6,7)8/h2-4,9H,1H2. The molecule has 1 aliphatic heterocycles. The third-order valence-electron chi connectivity index (χ3n) is 1.19. The largest absolute Gasteiger partial charge is 0.592 e. The molecule has 7 heteroatoms. The van der Waals surface area contributed by atoms with Crippen molar-refractivity contribution in [2.75, 3.05) is 0 Å². The molecule has 0 aromatic heterocycles. The lowest BCUT2D eigenvalue weighted by molar-refractivity contribution is -0.0450. The Kier molecular flexibility index (Phi) is 2.67. The summed E-state index contributed by atoms with van der Waals surface area (Å²) < 4.78 is 51.6. The van der Waals surface area contributed by atoms with Crippen molar-refractivity contribution in [3.8, 4) is 0 Å². The van der Waals surface area contributed by atoms with Crippen LogP contribution in [0.2, 0.25) is 0 Å². The SMILES string of the molecule is C=CC1OC1N[S+]([O-])C(F)(F)F. The molecule has 1 aliphatic rings. The van der Waals surface area contributed by atoms with Gasteiger partial charge in [0.15, 0.2) is 17.6 Å². The Labute approximate surface area is 69.9 Å². The fourth-order valence-corrected chi connectivity index (χ4v) is 1.10. The fraction of sp³-hybridized carbons (Fsp3) is 0.600. The molecule has 1 rings (SSSR count). The summed E-state index contributed by atoms with van der Waals surface area (Å²) in [7, 11) is 0. The molecule has 12 heavy (non-hydrogen) atoms. The van der Waals surface area contributed by atoms with E-state index in [0.29, 0.717) is 0 Å². The van der Waals surface area contributed by atoms with Crippen molar-refractivity contribution >= 4 is 11.4 Å². The molecule has 70 valence electrons. The first-order valence-corrected chi connectivity index (χ1v) is 4.13. The van der Waals surface area contributed by atoms with Crippen molar-refractivity contribution in [1.82, 2.24) is 4.72 Å². The van der Waals surface area contributed by atoms with Crippen LogP contribution in [-0.4, -0.2) is 22.4 Å². The van der Waals surface area contributed by atoms with Gasteiger partial charge in [0.25, 0.3) is 0 Å². The molecule has 0 aromatic rings. The van der Waals surface area contributed by atoms with Crippen molar-refractivity contribution in [2.24, 2.45) is 0 Å². The predicted octanol–water partition coefficient (Wildman–Crippen LogP) is 0.670. The minimum absolute atomic E-state index is 0.462. The monoisotopic (exact) mass is 201 g/mol. The van der Waals surface area contributed by atoms with E-state index in [-0.39, 0.29) is 0 Å². The van der Waals surface area contributed by atoms with Crippen molar-refractivity contribution in [3.63, 3.8) is 0 Å². The molecule has 0 saturated carbocycles. The lowest BCUT2D eigenvalue weighted by Gasteiger charge is -2.10. The third kappa shape index (κ3) is 2.37. The highest BCUT2D eigenvalue weighted by atomic mass is 32.2. The van der Waals surface area contributed by atoms with Gasteiger partial charge in [-0.25, -0.2) is 0 Å². The molecule has 3 atom stereocenters. The second-order valence-corrected chi connectivity index (χ2v) is 3.33. The number of hydrogen-bond acceptors (Lipinski definition) is 3. The van der Waals surface area contributed by atoms with E-state index in [1.165, 1.54) is 6.08 Å². The number of halogens is 3. The zero-order valence-electron chi connectivity index (χ0n) is 5.80. The van der Waals surface area contributed by atoms with E-state index in [1.54, 1.807) is 4.72 Å². The van der Waals surface area contributed by atoms with Crippen molar-refractivity contribution < 1.29 is 22.5 Å². The van der Waals surface area contributed by atoms with Crippen LogP contribution in [0.3, 0.4) is 0 Å². The molecular formula is C5H6F3NO2S. The lowest BCUT2D eigenvalue weighted by Crippen LogP contribution is -2.38. The number of alkyl halides is 3. The summed E-state index contributed by atoms with van der Waals surface area (Å²) in [4.78, 5) is 0. The van der Waals surface area contributed by atoms with Crippen LogP contribution in [0.15, 0.2) is 12.7 Å². The molecule has 0 amide bonds. The van der Waals surface area contributed by atoms with Crippen LogP contribution in [0.1, 0.15) is 0 Å². The van der Waals surface area contributed by atoms with E-state index in [2.05, 4.69) is 11.3 Å². The lowest BCUT2D eigenvalue weighted by atomic mass is 10.4. The van der Waals surface area contributed by atoms with E-state index in [0.717, 1.165) is 0 Å². The zero-order valence-corrected chi connectivity index (χ0v) is 6.61. The zero-order chi connectivity index (χ0) is 9.35. The maximum Gasteiger partial charge on any atom is 0.592 e. The summed E-state index contributed by atoms with van der Waals surface area (Å²) in [5.41, 5.74) is -4.74. The van der Waals surface area contributed by atoms with Crippen LogP contribution in [0.25, 0.3) is 0 Å². The third-order valence-corrected chi connectivity index (χ3v) is 2.06. The molecule has 1 N–H and O–H groups in total. The van der Waals surface area contributed by atoms with E-state index in [1.807, 2.05) is 0 Å². The second kappa shape index (κ2) is 3.25. The van der Waals surface area contributed by atoms with Crippen LogP contribution in [-0.2, 0) is 16.1 Å². The van der Waals surface area contributed by atoms with Crippen molar-refractivity contribution in [2.45, 2.75) is 17.8 Å². The Balaban J connectivity index is 2.29. The molecule has 0 spiro atoms. The normalized spacial score (nSPS) is 31.3. The van der Waals surface area contributed by atoms with Gasteiger partial charge >= 0.3 is 5.51 Å². The van der Waals surface area contributed by atoms with E-state index < -0.39 is 29.2 Å². The van der Waals surface area contributed by atoms with Crippen LogP contribution in [0.5, 0.6) is 0 Å². The average molecular weight is 201 g/mol. The molecule has 1 saturated heterocycles. The van der Waals surface area contributed by atoms with Gasteiger partial charge in [-0.05, 0) is 0 Å². The van der Waals surface area contributed by atoms with Crippen molar-refractivity contribution in [3.05, 3.63) is 12.7 Å².